The molecule has 2 N–H and O–H groups in total. The van der Waals surface area contributed by atoms with E-state index >= 15 is 0 Å². The summed E-state index contributed by atoms with van der Waals surface area (Å²) in [6.07, 6.45) is 4.32. The van der Waals surface area contributed by atoms with Gasteiger partial charge in [0.1, 0.15) is 0 Å². The summed E-state index contributed by atoms with van der Waals surface area (Å²) in [7, 11) is 1.00. The molecular weight excluding hydrogens is 356 g/mol. The summed E-state index contributed by atoms with van der Waals surface area (Å²) in [5.41, 5.74) is 6.56. The Hall–Kier alpha value is -1.35. The predicted octanol–water partition coefficient (Wildman–Crippen LogP) is 5.67. The molecule has 3 heteroatoms. The van der Waals surface area contributed by atoms with E-state index in [-0.39, 0.29) is 0 Å². The Bertz CT molecular complexity index is 741. The first-order valence-electron chi connectivity index (χ1n) is 9.86. The van der Waals surface area contributed by atoms with Gasteiger partial charge in [-0.15, -0.1) is 0 Å². The van der Waals surface area contributed by atoms with E-state index in [1.165, 1.54) is 34.2 Å². The minimum absolute atomic E-state index is 0.309. The molecule has 27 heavy (non-hydrogen) atoms. The lowest BCUT2D eigenvalue weighted by Gasteiger charge is -2.33. The van der Waals surface area contributed by atoms with E-state index in [4.69, 9.17) is 16.7 Å². The summed E-state index contributed by atoms with van der Waals surface area (Å²) in [6, 6.07) is 13.2. The van der Waals surface area contributed by atoms with E-state index in [0.29, 0.717) is 24.4 Å². The molecule has 3 atom stereocenters. The molecule has 3 unspecified atom stereocenters. The molecule has 0 amide bonds. The first kappa shape index (κ1) is 21.9. The molecule has 1 aliphatic rings. The van der Waals surface area contributed by atoms with Crippen LogP contribution in [0.25, 0.3) is 0 Å². The molecule has 0 spiro atoms. The van der Waals surface area contributed by atoms with Gasteiger partial charge in [0.25, 0.3) is 0 Å². The van der Waals surface area contributed by atoms with Crippen LogP contribution in [0.2, 0.25) is 5.02 Å². The Morgan fingerprint density at radius 1 is 0.963 bits per heavy atom. The van der Waals surface area contributed by atoms with Crippen LogP contribution in [0, 0.1) is 25.7 Å². The van der Waals surface area contributed by atoms with Crippen LogP contribution in [0.1, 0.15) is 59.9 Å². The van der Waals surface area contributed by atoms with Gasteiger partial charge in [-0.2, -0.15) is 0 Å². The summed E-state index contributed by atoms with van der Waals surface area (Å²) in [5.74, 6) is 1.65. The van der Waals surface area contributed by atoms with Gasteiger partial charge in [-0.1, -0.05) is 48.9 Å². The van der Waals surface area contributed by atoms with Crippen LogP contribution in [0.3, 0.4) is 0 Å². The van der Waals surface area contributed by atoms with Crippen LogP contribution in [0.15, 0.2) is 36.4 Å². The number of aliphatic hydroxyl groups is 2. The SMILES string of the molecule is CO.Cc1ccc(Cc2cc(C3CC(C)CC(CO)C3)ccc2Cl)cc1C. The van der Waals surface area contributed by atoms with E-state index in [1.807, 2.05) is 0 Å². The molecule has 1 aliphatic carbocycles. The van der Waals surface area contributed by atoms with Crippen LogP contribution in [0.4, 0.5) is 0 Å². The molecule has 1 saturated carbocycles. The lowest BCUT2D eigenvalue weighted by atomic mass is 9.73. The van der Waals surface area contributed by atoms with Gasteiger partial charge in [-0.25, -0.2) is 0 Å². The standard InChI is InChI=1S/C23H29ClO.CH4O/c1-15-8-19(14-25)12-21(9-15)20-6-7-23(24)22(13-20)11-18-5-4-16(2)17(3)10-18;1-2/h4-7,10,13,15,19,21,25H,8-9,11-12,14H2,1-3H3;2H,1H3. The van der Waals surface area contributed by atoms with Crippen LogP contribution in [-0.4, -0.2) is 23.9 Å². The number of aliphatic hydroxyl groups excluding tert-OH is 2. The highest BCUT2D eigenvalue weighted by Gasteiger charge is 2.27. The number of benzene rings is 2. The average molecular weight is 389 g/mol. The number of aryl methyl sites for hydroxylation is 2. The van der Waals surface area contributed by atoms with Gasteiger partial charge in [0.2, 0.25) is 0 Å². The molecule has 2 nitrogen and oxygen atoms in total. The molecule has 2 aromatic rings. The average Bonchev–Trinajstić information content (AvgIpc) is 2.67. The molecule has 0 heterocycles. The van der Waals surface area contributed by atoms with Crippen LogP contribution in [-0.2, 0) is 6.42 Å². The number of hydrogen-bond acceptors (Lipinski definition) is 2. The summed E-state index contributed by atoms with van der Waals surface area (Å²) in [6.45, 7) is 6.93. The highest BCUT2D eigenvalue weighted by Crippen LogP contribution is 2.40. The molecule has 0 radical (unpaired) electrons. The van der Waals surface area contributed by atoms with Crippen molar-refractivity contribution in [2.24, 2.45) is 11.8 Å². The quantitative estimate of drug-likeness (QED) is 0.708. The van der Waals surface area contributed by atoms with E-state index in [2.05, 4.69) is 57.2 Å². The molecule has 0 aromatic heterocycles. The van der Waals surface area contributed by atoms with Crippen molar-refractivity contribution in [1.82, 2.24) is 0 Å². The van der Waals surface area contributed by atoms with Gasteiger partial charge >= 0.3 is 0 Å². The molecule has 1 fully saturated rings. The van der Waals surface area contributed by atoms with Crippen LogP contribution < -0.4 is 0 Å². The van der Waals surface area contributed by atoms with Gasteiger partial charge in [0.05, 0.1) is 0 Å². The topological polar surface area (TPSA) is 40.5 Å². The molecule has 2 aromatic carbocycles. The second-order valence-electron chi connectivity index (χ2n) is 8.00. The van der Waals surface area contributed by atoms with Crippen molar-refractivity contribution in [2.75, 3.05) is 13.7 Å². The molecule has 3 rings (SSSR count). The van der Waals surface area contributed by atoms with Crippen LogP contribution in [0.5, 0.6) is 0 Å². The minimum Gasteiger partial charge on any atom is -0.400 e. The maximum Gasteiger partial charge on any atom is 0.0459 e. The maximum absolute atomic E-state index is 9.59. The number of halogens is 1. The monoisotopic (exact) mass is 388 g/mol. The van der Waals surface area contributed by atoms with E-state index in [0.717, 1.165) is 31.4 Å². The third-order valence-corrected chi connectivity index (χ3v) is 6.17. The van der Waals surface area contributed by atoms with E-state index < -0.39 is 0 Å². The third-order valence-electron chi connectivity index (χ3n) is 5.81. The molecule has 148 valence electrons. The minimum atomic E-state index is 0.309. The van der Waals surface area contributed by atoms with Crippen LogP contribution >= 0.6 is 11.6 Å². The molecule has 0 saturated heterocycles. The smallest absolute Gasteiger partial charge is 0.0459 e. The fraction of sp³-hybridized carbons (Fsp3) is 0.500. The zero-order valence-electron chi connectivity index (χ0n) is 17.0. The normalized spacial score (nSPS) is 22.1. The Morgan fingerprint density at radius 3 is 2.37 bits per heavy atom. The van der Waals surface area contributed by atoms with Gasteiger partial charge in [0, 0.05) is 18.7 Å². The van der Waals surface area contributed by atoms with Crippen molar-refractivity contribution in [3.8, 4) is 0 Å². The van der Waals surface area contributed by atoms with E-state index in [1.54, 1.807) is 0 Å². The van der Waals surface area contributed by atoms with Gasteiger partial charge in [0.15, 0.2) is 0 Å². The Balaban J connectivity index is 0.00000126. The third kappa shape index (κ3) is 5.81. The zero-order chi connectivity index (χ0) is 20.0. The fourth-order valence-corrected chi connectivity index (χ4v) is 4.47. The van der Waals surface area contributed by atoms with Crippen molar-refractivity contribution >= 4 is 11.6 Å². The molecular formula is C24H33ClO2. The van der Waals surface area contributed by atoms with Crippen molar-refractivity contribution in [3.63, 3.8) is 0 Å². The van der Waals surface area contributed by atoms with Crippen molar-refractivity contribution in [1.29, 1.82) is 0 Å². The first-order valence-corrected chi connectivity index (χ1v) is 10.2. The van der Waals surface area contributed by atoms with E-state index in [9.17, 15) is 5.11 Å². The second-order valence-corrected chi connectivity index (χ2v) is 8.41. The summed E-state index contributed by atoms with van der Waals surface area (Å²) < 4.78 is 0. The second kappa shape index (κ2) is 10.3. The summed E-state index contributed by atoms with van der Waals surface area (Å²) >= 11 is 6.50. The Kier molecular flexibility index (Phi) is 8.34. The van der Waals surface area contributed by atoms with Crippen molar-refractivity contribution < 1.29 is 10.2 Å². The van der Waals surface area contributed by atoms with Gasteiger partial charge in [-0.3, -0.25) is 0 Å². The lowest BCUT2D eigenvalue weighted by molar-refractivity contribution is 0.154. The largest absolute Gasteiger partial charge is 0.400 e. The number of rotatable bonds is 4. The zero-order valence-corrected chi connectivity index (χ0v) is 17.8. The highest BCUT2D eigenvalue weighted by atomic mass is 35.5. The Morgan fingerprint density at radius 2 is 1.70 bits per heavy atom. The van der Waals surface area contributed by atoms with Gasteiger partial charge in [-0.05, 0) is 91.2 Å². The molecule has 0 aliphatic heterocycles. The number of hydrogen-bond donors (Lipinski definition) is 2. The maximum atomic E-state index is 9.59. The summed E-state index contributed by atoms with van der Waals surface area (Å²) in [5, 5.41) is 17.4. The van der Waals surface area contributed by atoms with Gasteiger partial charge < -0.3 is 10.2 Å². The predicted molar refractivity (Wildman–Crippen MR) is 115 cm³/mol. The van der Waals surface area contributed by atoms with Crippen molar-refractivity contribution in [2.45, 2.75) is 52.4 Å². The van der Waals surface area contributed by atoms with Crippen molar-refractivity contribution in [3.05, 3.63) is 69.2 Å². The summed E-state index contributed by atoms with van der Waals surface area (Å²) in [4.78, 5) is 0. The lowest BCUT2D eigenvalue weighted by Crippen LogP contribution is -2.22. The Labute approximate surface area is 169 Å². The fourth-order valence-electron chi connectivity index (χ4n) is 4.28. The highest BCUT2D eigenvalue weighted by molar-refractivity contribution is 6.31. The first-order chi connectivity index (χ1) is 13.0. The molecule has 0 bridgehead atoms.